The molecular formula is C9H9F3OS. The van der Waals surface area contributed by atoms with Gasteiger partial charge in [-0.2, -0.15) is 8.78 Å². The minimum atomic E-state index is -2.47. The van der Waals surface area contributed by atoms with Crippen molar-refractivity contribution >= 4 is 11.8 Å². The summed E-state index contributed by atoms with van der Waals surface area (Å²) in [6, 6.07) is 5.75. The number of thioether (sulfide) groups is 1. The Morgan fingerprint density at radius 2 is 1.79 bits per heavy atom. The maximum atomic E-state index is 12.0. The fraction of sp³-hybridized carbons (Fsp3) is 0.333. The van der Waals surface area contributed by atoms with E-state index in [0.717, 1.165) is 0 Å². The predicted molar refractivity (Wildman–Crippen MR) is 49.2 cm³/mol. The van der Waals surface area contributed by atoms with E-state index in [4.69, 9.17) is 5.11 Å². The van der Waals surface area contributed by atoms with Gasteiger partial charge in [0.1, 0.15) is 12.8 Å². The molecule has 0 bridgehead atoms. The number of aliphatic hydroxyl groups excluding tert-OH is 1. The van der Waals surface area contributed by atoms with Crippen molar-refractivity contribution in [2.45, 2.75) is 16.8 Å². The summed E-state index contributed by atoms with van der Waals surface area (Å²) in [7, 11) is 0. The van der Waals surface area contributed by atoms with Gasteiger partial charge in [-0.05, 0) is 17.7 Å². The summed E-state index contributed by atoms with van der Waals surface area (Å²) in [6.45, 7) is -0.874. The van der Waals surface area contributed by atoms with Crippen LogP contribution in [-0.2, 0) is 0 Å². The van der Waals surface area contributed by atoms with Crippen LogP contribution in [0.25, 0.3) is 0 Å². The minimum Gasteiger partial charge on any atom is -0.386 e. The van der Waals surface area contributed by atoms with Gasteiger partial charge in [0, 0.05) is 4.90 Å². The summed E-state index contributed by atoms with van der Waals surface area (Å²) >= 11 is 0.418. The molecule has 1 aromatic rings. The smallest absolute Gasteiger partial charge is 0.288 e. The highest BCUT2D eigenvalue weighted by molar-refractivity contribution is 7.99. The number of hydrogen-bond donors (Lipinski definition) is 1. The lowest BCUT2D eigenvalue weighted by Gasteiger charge is -2.06. The zero-order valence-electron chi connectivity index (χ0n) is 7.16. The van der Waals surface area contributed by atoms with Gasteiger partial charge in [0.05, 0.1) is 0 Å². The normalized spacial score (nSPS) is 13.2. The second kappa shape index (κ2) is 5.26. The van der Waals surface area contributed by atoms with Crippen molar-refractivity contribution in [1.29, 1.82) is 0 Å². The molecule has 0 fully saturated rings. The van der Waals surface area contributed by atoms with Crippen molar-refractivity contribution in [1.82, 2.24) is 0 Å². The molecule has 14 heavy (non-hydrogen) atoms. The Hall–Kier alpha value is -0.680. The Labute approximate surface area is 83.9 Å². The van der Waals surface area contributed by atoms with Crippen LogP contribution in [0.4, 0.5) is 13.2 Å². The molecule has 0 saturated heterocycles. The van der Waals surface area contributed by atoms with Gasteiger partial charge in [0.25, 0.3) is 5.76 Å². The van der Waals surface area contributed by atoms with Crippen molar-refractivity contribution in [2.75, 3.05) is 6.67 Å². The molecule has 1 atom stereocenters. The molecule has 0 aliphatic heterocycles. The summed E-state index contributed by atoms with van der Waals surface area (Å²) < 4.78 is 35.8. The van der Waals surface area contributed by atoms with Gasteiger partial charge >= 0.3 is 0 Å². The Bertz CT molecular complexity index is 276. The molecule has 0 aliphatic rings. The van der Waals surface area contributed by atoms with Crippen molar-refractivity contribution < 1.29 is 18.3 Å². The van der Waals surface area contributed by atoms with Gasteiger partial charge < -0.3 is 5.11 Å². The lowest BCUT2D eigenvalue weighted by Crippen LogP contribution is -1.98. The molecule has 1 rings (SSSR count). The first kappa shape index (κ1) is 11.4. The number of hydrogen-bond acceptors (Lipinski definition) is 2. The Kier molecular flexibility index (Phi) is 4.28. The summed E-state index contributed by atoms with van der Waals surface area (Å²) in [4.78, 5) is 0.398. The van der Waals surface area contributed by atoms with Gasteiger partial charge in [-0.15, -0.1) is 0 Å². The number of rotatable bonds is 4. The third kappa shape index (κ3) is 3.23. The molecule has 0 radical (unpaired) electrons. The van der Waals surface area contributed by atoms with E-state index in [-0.39, 0.29) is 0 Å². The van der Waals surface area contributed by atoms with Crippen LogP contribution in [0.1, 0.15) is 11.7 Å². The average molecular weight is 222 g/mol. The predicted octanol–water partition coefficient (Wildman–Crippen LogP) is 3.00. The zero-order valence-corrected chi connectivity index (χ0v) is 7.98. The SMILES string of the molecule is OC(CF)c1ccc(SC(F)F)cc1. The standard InChI is InChI=1S/C9H9F3OS/c10-5-8(13)6-1-3-7(4-2-6)14-9(11)12/h1-4,8-9,13H,5H2. The van der Waals surface area contributed by atoms with E-state index in [9.17, 15) is 13.2 Å². The lowest BCUT2D eigenvalue weighted by molar-refractivity contribution is 0.141. The molecule has 1 nitrogen and oxygen atoms in total. The van der Waals surface area contributed by atoms with E-state index in [1.165, 1.54) is 24.3 Å². The second-order valence-electron chi connectivity index (χ2n) is 2.62. The first-order valence-corrected chi connectivity index (χ1v) is 4.80. The monoisotopic (exact) mass is 222 g/mol. The van der Waals surface area contributed by atoms with E-state index in [2.05, 4.69) is 0 Å². The van der Waals surface area contributed by atoms with E-state index in [1.807, 2.05) is 0 Å². The highest BCUT2D eigenvalue weighted by Gasteiger charge is 2.08. The third-order valence-corrected chi connectivity index (χ3v) is 2.36. The van der Waals surface area contributed by atoms with E-state index < -0.39 is 18.5 Å². The van der Waals surface area contributed by atoms with E-state index in [1.54, 1.807) is 0 Å². The summed E-state index contributed by atoms with van der Waals surface area (Å²) in [6.07, 6.45) is -1.17. The fourth-order valence-corrected chi connectivity index (χ4v) is 1.46. The molecule has 78 valence electrons. The van der Waals surface area contributed by atoms with Crippen LogP contribution in [-0.4, -0.2) is 17.5 Å². The Morgan fingerprint density at radius 1 is 1.21 bits per heavy atom. The topological polar surface area (TPSA) is 20.2 Å². The fourth-order valence-electron chi connectivity index (χ4n) is 0.961. The maximum Gasteiger partial charge on any atom is 0.288 e. The molecule has 5 heteroatoms. The van der Waals surface area contributed by atoms with Gasteiger partial charge in [-0.25, -0.2) is 4.39 Å². The molecule has 0 amide bonds. The lowest BCUT2D eigenvalue weighted by atomic mass is 10.1. The molecule has 0 aliphatic carbocycles. The van der Waals surface area contributed by atoms with Gasteiger partial charge in [0.2, 0.25) is 0 Å². The molecule has 1 unspecified atom stereocenters. The van der Waals surface area contributed by atoms with Gasteiger partial charge in [-0.1, -0.05) is 23.9 Å². The van der Waals surface area contributed by atoms with Crippen molar-refractivity contribution in [3.8, 4) is 0 Å². The second-order valence-corrected chi connectivity index (χ2v) is 3.68. The number of halogens is 3. The first-order valence-electron chi connectivity index (χ1n) is 3.92. The number of benzene rings is 1. The van der Waals surface area contributed by atoms with E-state index >= 15 is 0 Å². The summed E-state index contributed by atoms with van der Waals surface area (Å²) in [5.41, 5.74) is 0.395. The molecule has 0 saturated carbocycles. The molecule has 0 aromatic heterocycles. The molecule has 1 N–H and O–H groups in total. The van der Waals surface area contributed by atoms with Crippen LogP contribution >= 0.6 is 11.8 Å². The van der Waals surface area contributed by atoms with Crippen LogP contribution in [0.3, 0.4) is 0 Å². The molecule has 0 spiro atoms. The zero-order chi connectivity index (χ0) is 10.6. The van der Waals surface area contributed by atoms with Crippen molar-refractivity contribution in [2.24, 2.45) is 0 Å². The van der Waals surface area contributed by atoms with Crippen LogP contribution in [0.15, 0.2) is 29.2 Å². The summed E-state index contributed by atoms with van der Waals surface area (Å²) in [5.74, 6) is -2.47. The highest BCUT2D eigenvalue weighted by Crippen LogP contribution is 2.26. The molecular weight excluding hydrogens is 213 g/mol. The van der Waals surface area contributed by atoms with Crippen molar-refractivity contribution in [3.63, 3.8) is 0 Å². The quantitative estimate of drug-likeness (QED) is 0.790. The van der Waals surface area contributed by atoms with Gasteiger partial charge in [0.15, 0.2) is 0 Å². The Balaban J connectivity index is 2.68. The number of alkyl halides is 3. The molecule has 1 aromatic carbocycles. The van der Waals surface area contributed by atoms with Crippen LogP contribution < -0.4 is 0 Å². The molecule has 0 heterocycles. The highest BCUT2D eigenvalue weighted by atomic mass is 32.2. The average Bonchev–Trinajstić information content (AvgIpc) is 2.17. The largest absolute Gasteiger partial charge is 0.386 e. The third-order valence-electron chi connectivity index (χ3n) is 1.64. The van der Waals surface area contributed by atoms with Crippen molar-refractivity contribution in [3.05, 3.63) is 29.8 Å². The Morgan fingerprint density at radius 3 is 2.21 bits per heavy atom. The summed E-state index contributed by atoms with van der Waals surface area (Å²) in [5, 5.41) is 9.07. The van der Waals surface area contributed by atoms with Gasteiger partial charge in [-0.3, -0.25) is 0 Å². The number of aliphatic hydroxyl groups is 1. The minimum absolute atomic E-state index is 0.395. The van der Waals surface area contributed by atoms with Crippen LogP contribution in [0.5, 0.6) is 0 Å². The first-order chi connectivity index (χ1) is 6.63. The van der Waals surface area contributed by atoms with Crippen LogP contribution in [0.2, 0.25) is 0 Å². The van der Waals surface area contributed by atoms with Crippen LogP contribution in [0, 0.1) is 0 Å². The van der Waals surface area contributed by atoms with E-state index in [0.29, 0.717) is 22.2 Å². The maximum absolute atomic E-state index is 12.0.